The zero-order valence-electron chi connectivity index (χ0n) is 12.3. The Hall–Kier alpha value is -2.26. The van der Waals surface area contributed by atoms with E-state index in [0.717, 1.165) is 4.31 Å². The van der Waals surface area contributed by atoms with Crippen molar-refractivity contribution in [3.05, 3.63) is 42.2 Å². The van der Waals surface area contributed by atoms with Crippen LogP contribution in [0.25, 0.3) is 0 Å². The summed E-state index contributed by atoms with van der Waals surface area (Å²) in [6.07, 6.45) is 3.12. The Morgan fingerprint density at radius 2 is 1.77 bits per heavy atom. The van der Waals surface area contributed by atoms with Crippen LogP contribution in [0.4, 0.5) is 0 Å². The van der Waals surface area contributed by atoms with Crippen molar-refractivity contribution in [2.24, 2.45) is 0 Å². The molecule has 0 aliphatic heterocycles. The molecule has 1 heterocycles. The van der Waals surface area contributed by atoms with Gasteiger partial charge in [-0.15, -0.1) is 0 Å². The third-order valence-corrected chi connectivity index (χ3v) is 4.79. The molecule has 0 aliphatic rings. The van der Waals surface area contributed by atoms with E-state index in [2.05, 4.69) is 15.5 Å². The van der Waals surface area contributed by atoms with E-state index in [1.165, 1.54) is 43.2 Å². The summed E-state index contributed by atoms with van der Waals surface area (Å²) in [5, 5.41) is 10.6. The Morgan fingerprint density at radius 3 is 2.32 bits per heavy atom. The van der Waals surface area contributed by atoms with Crippen molar-refractivity contribution in [3.63, 3.8) is 0 Å². The summed E-state index contributed by atoms with van der Waals surface area (Å²) in [5.41, 5.74) is 0.395. The number of nitrogens with zero attached hydrogens (tertiary/aromatic N) is 4. The fourth-order valence-electron chi connectivity index (χ4n) is 1.72. The molecule has 1 N–H and O–H groups in total. The first-order chi connectivity index (χ1) is 10.4. The molecule has 1 amide bonds. The molecule has 8 nitrogen and oxygen atoms in total. The van der Waals surface area contributed by atoms with Gasteiger partial charge in [0.25, 0.3) is 5.91 Å². The Kier molecular flexibility index (Phi) is 4.88. The van der Waals surface area contributed by atoms with Gasteiger partial charge in [0, 0.05) is 26.2 Å². The lowest BCUT2D eigenvalue weighted by Crippen LogP contribution is -2.28. The molecule has 2 rings (SSSR count). The first-order valence-electron chi connectivity index (χ1n) is 6.56. The van der Waals surface area contributed by atoms with Gasteiger partial charge < -0.3 is 5.32 Å². The van der Waals surface area contributed by atoms with Crippen molar-refractivity contribution in [2.75, 3.05) is 20.6 Å². The van der Waals surface area contributed by atoms with Crippen LogP contribution < -0.4 is 5.32 Å². The number of nitrogens with one attached hydrogen (secondary N) is 1. The molecule has 22 heavy (non-hydrogen) atoms. The fraction of sp³-hybridized carbons (Fsp3) is 0.308. The molecule has 0 unspecified atom stereocenters. The minimum Gasteiger partial charge on any atom is -0.350 e. The van der Waals surface area contributed by atoms with Crippen molar-refractivity contribution < 1.29 is 13.2 Å². The molecule has 1 aromatic heterocycles. The maximum atomic E-state index is 11.9. The second kappa shape index (κ2) is 6.67. The molecule has 0 bridgehead atoms. The van der Waals surface area contributed by atoms with Gasteiger partial charge in [0.15, 0.2) is 0 Å². The normalized spacial score (nSPS) is 11.6. The number of carbonyl (C=O) groups excluding carboxylic acids is 1. The van der Waals surface area contributed by atoms with Gasteiger partial charge in [-0.25, -0.2) is 12.7 Å². The van der Waals surface area contributed by atoms with Gasteiger partial charge in [0.2, 0.25) is 10.0 Å². The van der Waals surface area contributed by atoms with E-state index in [1.807, 2.05) is 0 Å². The lowest BCUT2D eigenvalue weighted by atomic mass is 10.2. The molecule has 0 fully saturated rings. The molecule has 0 spiro atoms. The first kappa shape index (κ1) is 16.1. The highest BCUT2D eigenvalue weighted by molar-refractivity contribution is 7.89. The molecule has 0 radical (unpaired) electrons. The van der Waals surface area contributed by atoms with Gasteiger partial charge in [0.05, 0.1) is 23.8 Å². The highest BCUT2D eigenvalue weighted by Crippen LogP contribution is 2.13. The fourth-order valence-corrected chi connectivity index (χ4v) is 2.62. The summed E-state index contributed by atoms with van der Waals surface area (Å²) in [6, 6.07) is 5.80. The van der Waals surface area contributed by atoms with Crippen molar-refractivity contribution in [1.29, 1.82) is 0 Å². The average Bonchev–Trinajstić information content (AvgIpc) is 3.00. The number of hydrogen-bond donors (Lipinski definition) is 1. The Bertz CT molecular complexity index is 724. The molecule has 0 saturated carbocycles. The minimum atomic E-state index is -3.48. The molecule has 0 saturated heterocycles. The van der Waals surface area contributed by atoms with Crippen molar-refractivity contribution in [1.82, 2.24) is 24.6 Å². The maximum Gasteiger partial charge on any atom is 0.251 e. The van der Waals surface area contributed by atoms with Crippen LogP contribution in [0.2, 0.25) is 0 Å². The second-order valence-corrected chi connectivity index (χ2v) is 6.84. The summed E-state index contributed by atoms with van der Waals surface area (Å²) in [6.45, 7) is 0.844. The predicted molar refractivity (Wildman–Crippen MR) is 79.7 cm³/mol. The maximum absolute atomic E-state index is 11.9. The zero-order valence-corrected chi connectivity index (χ0v) is 13.1. The van der Waals surface area contributed by atoms with E-state index in [0.29, 0.717) is 18.7 Å². The number of hydrogen-bond acceptors (Lipinski definition) is 5. The van der Waals surface area contributed by atoms with Gasteiger partial charge >= 0.3 is 0 Å². The number of carbonyl (C=O) groups is 1. The smallest absolute Gasteiger partial charge is 0.251 e. The Labute approximate surface area is 128 Å². The molecule has 2 aromatic rings. The summed E-state index contributed by atoms with van der Waals surface area (Å²) in [5.74, 6) is -0.277. The summed E-state index contributed by atoms with van der Waals surface area (Å²) in [7, 11) is -0.569. The van der Waals surface area contributed by atoms with Crippen LogP contribution in [-0.4, -0.2) is 54.3 Å². The monoisotopic (exact) mass is 323 g/mol. The number of amides is 1. The lowest BCUT2D eigenvalue weighted by molar-refractivity contribution is 0.0951. The number of benzene rings is 1. The van der Waals surface area contributed by atoms with E-state index >= 15 is 0 Å². The summed E-state index contributed by atoms with van der Waals surface area (Å²) < 4.78 is 25.0. The SMILES string of the molecule is CN(C)S(=O)(=O)c1ccc(C(=O)NCCn2nccn2)cc1. The standard InChI is InChI=1S/C13H17N5O3S/c1-17(2)22(20,21)12-5-3-11(4-6-12)13(19)14-9-10-18-15-7-8-16-18/h3-8H,9-10H2,1-2H3,(H,14,19). The van der Waals surface area contributed by atoms with Gasteiger partial charge in [-0.3, -0.25) is 4.79 Å². The van der Waals surface area contributed by atoms with E-state index in [4.69, 9.17) is 0 Å². The first-order valence-corrected chi connectivity index (χ1v) is 8.00. The summed E-state index contributed by atoms with van der Waals surface area (Å²) in [4.78, 5) is 13.6. The van der Waals surface area contributed by atoms with Crippen LogP contribution in [-0.2, 0) is 16.6 Å². The van der Waals surface area contributed by atoms with Crippen LogP contribution in [0.15, 0.2) is 41.6 Å². The van der Waals surface area contributed by atoms with Gasteiger partial charge in [-0.05, 0) is 24.3 Å². The molecular formula is C13H17N5O3S. The Balaban J connectivity index is 1.96. The van der Waals surface area contributed by atoms with Crippen molar-refractivity contribution in [2.45, 2.75) is 11.4 Å². The number of aromatic nitrogens is 3. The van der Waals surface area contributed by atoms with E-state index in [1.54, 1.807) is 12.4 Å². The van der Waals surface area contributed by atoms with Gasteiger partial charge in [-0.2, -0.15) is 15.0 Å². The lowest BCUT2D eigenvalue weighted by Gasteiger charge is -2.11. The quantitative estimate of drug-likeness (QED) is 0.804. The van der Waals surface area contributed by atoms with E-state index in [9.17, 15) is 13.2 Å². The van der Waals surface area contributed by atoms with Crippen LogP contribution in [0.3, 0.4) is 0 Å². The summed E-state index contributed by atoms with van der Waals surface area (Å²) >= 11 is 0. The zero-order chi connectivity index (χ0) is 16.2. The molecular weight excluding hydrogens is 306 g/mol. The van der Waals surface area contributed by atoms with E-state index in [-0.39, 0.29) is 10.8 Å². The van der Waals surface area contributed by atoms with Crippen LogP contribution >= 0.6 is 0 Å². The average molecular weight is 323 g/mol. The molecule has 118 valence electrons. The molecule has 0 atom stereocenters. The predicted octanol–water partition coefficient (Wildman–Crippen LogP) is -0.0416. The number of rotatable bonds is 6. The third kappa shape index (κ3) is 3.68. The van der Waals surface area contributed by atoms with Crippen LogP contribution in [0, 0.1) is 0 Å². The largest absolute Gasteiger partial charge is 0.350 e. The van der Waals surface area contributed by atoms with Crippen molar-refractivity contribution >= 4 is 15.9 Å². The highest BCUT2D eigenvalue weighted by atomic mass is 32.2. The Morgan fingerprint density at radius 1 is 1.18 bits per heavy atom. The third-order valence-electron chi connectivity index (χ3n) is 2.96. The van der Waals surface area contributed by atoms with Crippen molar-refractivity contribution in [3.8, 4) is 0 Å². The number of sulfonamides is 1. The van der Waals surface area contributed by atoms with Gasteiger partial charge in [-0.1, -0.05) is 0 Å². The van der Waals surface area contributed by atoms with Crippen LogP contribution in [0.5, 0.6) is 0 Å². The minimum absolute atomic E-state index is 0.148. The van der Waals surface area contributed by atoms with Gasteiger partial charge in [0.1, 0.15) is 0 Å². The van der Waals surface area contributed by atoms with Crippen LogP contribution in [0.1, 0.15) is 10.4 Å². The topological polar surface area (TPSA) is 97.2 Å². The second-order valence-electron chi connectivity index (χ2n) is 4.69. The van der Waals surface area contributed by atoms with E-state index < -0.39 is 10.0 Å². The molecule has 0 aliphatic carbocycles. The highest BCUT2D eigenvalue weighted by Gasteiger charge is 2.17. The molecule has 9 heteroatoms. The molecule has 1 aromatic carbocycles.